The van der Waals surface area contributed by atoms with Gasteiger partial charge in [-0.15, -0.1) is 0 Å². The van der Waals surface area contributed by atoms with Gasteiger partial charge in [0, 0.05) is 56.7 Å². The average molecular weight is 373 g/mol. The quantitative estimate of drug-likeness (QED) is 0.602. The van der Waals surface area contributed by atoms with Crippen LogP contribution in [0.5, 0.6) is 0 Å². The number of nitrogens with zero attached hydrogens (tertiary/aromatic N) is 4. The van der Waals surface area contributed by atoms with Crippen molar-refractivity contribution in [3.8, 4) is 0 Å². The Balaban J connectivity index is 1.55. The Kier molecular flexibility index (Phi) is 6.66. The van der Waals surface area contributed by atoms with Crippen LogP contribution in [0, 0.1) is 0 Å². The second kappa shape index (κ2) is 9.38. The molecule has 0 spiro atoms. The summed E-state index contributed by atoms with van der Waals surface area (Å²) < 4.78 is 0. The predicted molar refractivity (Wildman–Crippen MR) is 107 cm³/mol. The molecule has 138 valence electrons. The fraction of sp³-hybridized carbons (Fsp3) is 0.421. The van der Waals surface area contributed by atoms with Crippen molar-refractivity contribution in [2.75, 3.05) is 31.1 Å². The van der Waals surface area contributed by atoms with E-state index in [1.165, 1.54) is 0 Å². The molecular formula is C19H25ClN6. The first kappa shape index (κ1) is 18.5. The highest BCUT2D eigenvalue weighted by Crippen LogP contribution is 2.25. The van der Waals surface area contributed by atoms with E-state index in [4.69, 9.17) is 11.6 Å². The number of guanidine groups is 1. The molecule has 26 heavy (non-hydrogen) atoms. The number of aliphatic imine (C=N–C) groups is 1. The molecule has 1 fully saturated rings. The molecule has 0 amide bonds. The third-order valence-electron chi connectivity index (χ3n) is 4.28. The summed E-state index contributed by atoms with van der Waals surface area (Å²) in [6, 6.07) is 10.0. The number of hydrogen-bond acceptors (Lipinski definition) is 4. The van der Waals surface area contributed by atoms with Gasteiger partial charge in [0.1, 0.15) is 5.82 Å². The SMILES string of the molecule is CCNC(=NCCc1ccccn1)NC1CCN(c2ncccc2Cl)C1. The van der Waals surface area contributed by atoms with Gasteiger partial charge in [-0.2, -0.15) is 0 Å². The van der Waals surface area contributed by atoms with Gasteiger partial charge in [-0.1, -0.05) is 17.7 Å². The molecule has 0 saturated carbocycles. The van der Waals surface area contributed by atoms with E-state index in [0.717, 1.165) is 49.9 Å². The zero-order valence-corrected chi connectivity index (χ0v) is 15.8. The Morgan fingerprint density at radius 1 is 1.27 bits per heavy atom. The topological polar surface area (TPSA) is 65.4 Å². The first-order chi connectivity index (χ1) is 12.8. The number of nitrogens with one attached hydrogen (secondary N) is 2. The van der Waals surface area contributed by atoms with Crippen LogP contribution in [0.15, 0.2) is 47.7 Å². The number of anilines is 1. The van der Waals surface area contributed by atoms with Crippen molar-refractivity contribution >= 4 is 23.4 Å². The lowest BCUT2D eigenvalue weighted by molar-refractivity contribution is 0.648. The molecule has 1 atom stereocenters. The molecule has 2 aromatic heterocycles. The summed E-state index contributed by atoms with van der Waals surface area (Å²) in [4.78, 5) is 15.6. The molecule has 1 aliphatic heterocycles. The van der Waals surface area contributed by atoms with E-state index in [9.17, 15) is 0 Å². The van der Waals surface area contributed by atoms with Crippen LogP contribution in [-0.4, -0.2) is 48.1 Å². The number of hydrogen-bond donors (Lipinski definition) is 2. The molecule has 1 saturated heterocycles. The molecule has 6 nitrogen and oxygen atoms in total. The zero-order valence-electron chi connectivity index (χ0n) is 15.0. The number of aromatic nitrogens is 2. The minimum Gasteiger partial charge on any atom is -0.357 e. The smallest absolute Gasteiger partial charge is 0.191 e. The zero-order chi connectivity index (χ0) is 18.2. The Morgan fingerprint density at radius 2 is 2.15 bits per heavy atom. The monoisotopic (exact) mass is 372 g/mol. The summed E-state index contributed by atoms with van der Waals surface area (Å²) in [7, 11) is 0. The van der Waals surface area contributed by atoms with Crippen LogP contribution in [0.1, 0.15) is 19.0 Å². The molecule has 0 aromatic carbocycles. The standard InChI is InChI=1S/C19H25ClN6/c1-2-21-19(24-12-8-15-6-3-4-10-22-15)25-16-9-13-26(14-16)18-17(20)7-5-11-23-18/h3-7,10-11,16H,2,8-9,12-14H2,1H3,(H2,21,24,25). The maximum absolute atomic E-state index is 6.27. The van der Waals surface area contributed by atoms with E-state index in [1.54, 1.807) is 6.20 Å². The van der Waals surface area contributed by atoms with Gasteiger partial charge in [0.25, 0.3) is 0 Å². The van der Waals surface area contributed by atoms with Gasteiger partial charge in [-0.05, 0) is 37.6 Å². The molecule has 0 aliphatic carbocycles. The lowest BCUT2D eigenvalue weighted by atomic mass is 10.2. The van der Waals surface area contributed by atoms with Crippen molar-refractivity contribution in [1.29, 1.82) is 0 Å². The van der Waals surface area contributed by atoms with Crippen molar-refractivity contribution in [3.63, 3.8) is 0 Å². The summed E-state index contributed by atoms with van der Waals surface area (Å²) in [5.41, 5.74) is 1.06. The lowest BCUT2D eigenvalue weighted by Crippen LogP contribution is -2.44. The van der Waals surface area contributed by atoms with Crippen LogP contribution >= 0.6 is 11.6 Å². The maximum atomic E-state index is 6.27. The van der Waals surface area contributed by atoms with Crippen LogP contribution < -0.4 is 15.5 Å². The van der Waals surface area contributed by atoms with E-state index in [-0.39, 0.29) is 0 Å². The fourth-order valence-electron chi connectivity index (χ4n) is 3.02. The second-order valence-corrected chi connectivity index (χ2v) is 6.62. The molecule has 7 heteroatoms. The predicted octanol–water partition coefficient (Wildman–Crippen LogP) is 2.51. The lowest BCUT2D eigenvalue weighted by Gasteiger charge is -2.20. The minimum atomic E-state index is 0.320. The van der Waals surface area contributed by atoms with Crippen molar-refractivity contribution in [1.82, 2.24) is 20.6 Å². The number of pyridine rings is 2. The summed E-state index contributed by atoms with van der Waals surface area (Å²) in [6.07, 6.45) is 5.46. The van der Waals surface area contributed by atoms with Crippen LogP contribution in [0.25, 0.3) is 0 Å². The largest absolute Gasteiger partial charge is 0.357 e. The normalized spacial score (nSPS) is 17.4. The number of rotatable bonds is 6. The van der Waals surface area contributed by atoms with Gasteiger partial charge in [-0.25, -0.2) is 4.98 Å². The van der Waals surface area contributed by atoms with E-state index in [2.05, 4.69) is 37.4 Å². The summed E-state index contributed by atoms with van der Waals surface area (Å²) in [5, 5.41) is 7.55. The van der Waals surface area contributed by atoms with Crippen molar-refractivity contribution in [2.24, 2.45) is 4.99 Å². The first-order valence-electron chi connectivity index (χ1n) is 9.06. The molecule has 2 aromatic rings. The van der Waals surface area contributed by atoms with Crippen molar-refractivity contribution in [2.45, 2.75) is 25.8 Å². The van der Waals surface area contributed by atoms with Gasteiger partial charge < -0.3 is 15.5 Å². The van der Waals surface area contributed by atoms with E-state index >= 15 is 0 Å². The van der Waals surface area contributed by atoms with Gasteiger partial charge in [-0.3, -0.25) is 9.98 Å². The van der Waals surface area contributed by atoms with E-state index < -0.39 is 0 Å². The molecule has 3 rings (SSSR count). The first-order valence-corrected chi connectivity index (χ1v) is 9.44. The van der Waals surface area contributed by atoms with Crippen LogP contribution in [-0.2, 0) is 6.42 Å². The molecular weight excluding hydrogens is 348 g/mol. The van der Waals surface area contributed by atoms with Crippen molar-refractivity contribution < 1.29 is 0 Å². The average Bonchev–Trinajstić information content (AvgIpc) is 3.11. The van der Waals surface area contributed by atoms with Gasteiger partial charge in [0.2, 0.25) is 0 Å². The molecule has 2 N–H and O–H groups in total. The van der Waals surface area contributed by atoms with Crippen LogP contribution in [0.2, 0.25) is 5.02 Å². The molecule has 0 radical (unpaired) electrons. The fourth-order valence-corrected chi connectivity index (χ4v) is 3.26. The van der Waals surface area contributed by atoms with E-state index in [0.29, 0.717) is 17.6 Å². The summed E-state index contributed by atoms with van der Waals surface area (Å²) >= 11 is 6.27. The molecule has 1 unspecified atom stereocenters. The summed E-state index contributed by atoms with van der Waals surface area (Å²) in [6.45, 7) is 5.40. The highest BCUT2D eigenvalue weighted by atomic mass is 35.5. The van der Waals surface area contributed by atoms with E-state index in [1.807, 2.05) is 36.5 Å². The van der Waals surface area contributed by atoms with Gasteiger partial charge in [0.05, 0.1) is 5.02 Å². The molecule has 1 aliphatic rings. The Labute approximate surface area is 159 Å². The van der Waals surface area contributed by atoms with Gasteiger partial charge >= 0.3 is 0 Å². The highest BCUT2D eigenvalue weighted by molar-refractivity contribution is 6.32. The van der Waals surface area contributed by atoms with Crippen molar-refractivity contribution in [3.05, 3.63) is 53.4 Å². The maximum Gasteiger partial charge on any atom is 0.191 e. The highest BCUT2D eigenvalue weighted by Gasteiger charge is 2.25. The Bertz CT molecular complexity index is 721. The van der Waals surface area contributed by atoms with Crippen LogP contribution in [0.3, 0.4) is 0 Å². The summed E-state index contributed by atoms with van der Waals surface area (Å²) in [5.74, 6) is 1.71. The second-order valence-electron chi connectivity index (χ2n) is 6.22. The Hall–Kier alpha value is -2.34. The third-order valence-corrected chi connectivity index (χ3v) is 4.57. The minimum absolute atomic E-state index is 0.320. The molecule has 0 bridgehead atoms. The van der Waals surface area contributed by atoms with Crippen LogP contribution in [0.4, 0.5) is 5.82 Å². The number of halogens is 1. The third kappa shape index (κ3) is 5.08. The Morgan fingerprint density at radius 3 is 2.92 bits per heavy atom. The molecule has 3 heterocycles. The van der Waals surface area contributed by atoms with Gasteiger partial charge in [0.15, 0.2) is 5.96 Å².